The molecule has 1 aromatic rings. The van der Waals surface area contributed by atoms with E-state index in [0.29, 0.717) is 10.0 Å². The molecular formula is C13H14Cl2O. The fourth-order valence-electron chi connectivity index (χ4n) is 1.47. The Hall–Kier alpha value is -0.790. The van der Waals surface area contributed by atoms with Crippen molar-refractivity contribution in [2.24, 2.45) is 0 Å². The minimum absolute atomic E-state index is 0.0643. The fourth-order valence-corrected chi connectivity index (χ4v) is 2.06. The van der Waals surface area contributed by atoms with Crippen molar-refractivity contribution < 1.29 is 4.79 Å². The smallest absolute Gasteiger partial charge is 0.152 e. The van der Waals surface area contributed by atoms with Gasteiger partial charge in [0.25, 0.3) is 0 Å². The third-order valence-corrected chi connectivity index (χ3v) is 2.90. The van der Waals surface area contributed by atoms with Crippen molar-refractivity contribution in [3.05, 3.63) is 46.0 Å². The number of carbonyl (C=O) groups is 1. The molecule has 1 aromatic carbocycles. The molecule has 0 radical (unpaired) electrons. The third-order valence-electron chi connectivity index (χ3n) is 2.34. The number of carbonyl (C=O) groups excluding carboxylic acids is 1. The van der Waals surface area contributed by atoms with E-state index in [0.717, 1.165) is 12.0 Å². The van der Waals surface area contributed by atoms with Crippen LogP contribution in [0.2, 0.25) is 10.0 Å². The Labute approximate surface area is 106 Å². The molecule has 0 aliphatic carbocycles. The Morgan fingerprint density at radius 1 is 1.44 bits per heavy atom. The number of benzene rings is 1. The Bertz CT molecular complexity index is 410. The van der Waals surface area contributed by atoms with Gasteiger partial charge >= 0.3 is 0 Å². The van der Waals surface area contributed by atoms with Gasteiger partial charge in [0.15, 0.2) is 5.78 Å². The Kier molecular flexibility index (Phi) is 5.04. The second-order valence-electron chi connectivity index (χ2n) is 3.82. The van der Waals surface area contributed by atoms with E-state index in [1.807, 2.05) is 18.2 Å². The number of ketones is 1. The molecule has 0 aliphatic rings. The van der Waals surface area contributed by atoms with E-state index in [1.165, 1.54) is 6.92 Å². The first kappa shape index (κ1) is 13.3. The van der Waals surface area contributed by atoms with Crippen LogP contribution in [-0.4, -0.2) is 5.78 Å². The first-order valence-electron chi connectivity index (χ1n) is 5.12. The van der Waals surface area contributed by atoms with Gasteiger partial charge in [-0.1, -0.05) is 42.3 Å². The first-order valence-corrected chi connectivity index (χ1v) is 5.88. The Balaban J connectivity index is 2.73. The molecule has 1 atom stereocenters. The van der Waals surface area contributed by atoms with Crippen LogP contribution >= 0.6 is 23.2 Å². The monoisotopic (exact) mass is 256 g/mol. The highest BCUT2D eigenvalue weighted by molar-refractivity contribution is 6.35. The van der Waals surface area contributed by atoms with E-state index in [-0.39, 0.29) is 11.7 Å². The van der Waals surface area contributed by atoms with Crippen LogP contribution in [0.15, 0.2) is 30.4 Å². The molecule has 0 aromatic heterocycles. The van der Waals surface area contributed by atoms with Crippen molar-refractivity contribution in [3.8, 4) is 0 Å². The maximum atomic E-state index is 10.7. The predicted molar refractivity (Wildman–Crippen MR) is 69.3 cm³/mol. The molecule has 3 heteroatoms. The van der Waals surface area contributed by atoms with Crippen molar-refractivity contribution >= 4 is 29.0 Å². The van der Waals surface area contributed by atoms with Crippen LogP contribution in [-0.2, 0) is 4.79 Å². The van der Waals surface area contributed by atoms with Crippen molar-refractivity contribution in [2.75, 3.05) is 0 Å². The van der Waals surface area contributed by atoms with Gasteiger partial charge in [0.1, 0.15) is 0 Å². The van der Waals surface area contributed by atoms with Gasteiger partial charge < -0.3 is 0 Å². The first-order chi connectivity index (χ1) is 7.50. The molecule has 0 spiro atoms. The van der Waals surface area contributed by atoms with Crippen molar-refractivity contribution in [3.63, 3.8) is 0 Å². The zero-order chi connectivity index (χ0) is 12.1. The van der Waals surface area contributed by atoms with Gasteiger partial charge in [0.05, 0.1) is 0 Å². The normalized spacial score (nSPS) is 13.0. The van der Waals surface area contributed by atoms with Crippen LogP contribution in [0, 0.1) is 0 Å². The average Bonchev–Trinajstić information content (AvgIpc) is 2.16. The SMILES string of the molecule is CC(=O)C=CCC(C)c1ccc(Cl)cc1Cl. The molecule has 1 rings (SSSR count). The number of hydrogen-bond donors (Lipinski definition) is 0. The van der Waals surface area contributed by atoms with Crippen molar-refractivity contribution in [1.29, 1.82) is 0 Å². The molecule has 86 valence electrons. The molecule has 16 heavy (non-hydrogen) atoms. The molecule has 0 fully saturated rings. The summed E-state index contributed by atoms with van der Waals surface area (Å²) in [7, 11) is 0. The van der Waals surface area contributed by atoms with Gasteiger partial charge in [-0.2, -0.15) is 0 Å². The second-order valence-corrected chi connectivity index (χ2v) is 4.66. The van der Waals surface area contributed by atoms with E-state index < -0.39 is 0 Å². The lowest BCUT2D eigenvalue weighted by atomic mass is 9.97. The Morgan fingerprint density at radius 2 is 2.12 bits per heavy atom. The summed E-state index contributed by atoms with van der Waals surface area (Å²) in [5.41, 5.74) is 1.05. The summed E-state index contributed by atoms with van der Waals surface area (Å²) in [6, 6.07) is 5.49. The molecule has 0 heterocycles. The molecule has 0 saturated heterocycles. The summed E-state index contributed by atoms with van der Waals surface area (Å²) in [5.74, 6) is 0.342. The van der Waals surface area contributed by atoms with E-state index in [1.54, 1.807) is 12.1 Å². The average molecular weight is 257 g/mol. The lowest BCUT2D eigenvalue weighted by Crippen LogP contribution is -1.93. The quantitative estimate of drug-likeness (QED) is 0.718. The summed E-state index contributed by atoms with van der Waals surface area (Å²) < 4.78 is 0. The van der Waals surface area contributed by atoms with E-state index in [4.69, 9.17) is 23.2 Å². The van der Waals surface area contributed by atoms with Gasteiger partial charge in [-0.25, -0.2) is 0 Å². The number of rotatable bonds is 4. The standard InChI is InChI=1S/C13H14Cl2O/c1-9(4-3-5-10(2)16)12-7-6-11(14)8-13(12)15/h3,5-9H,4H2,1-2H3. The minimum atomic E-state index is 0.0643. The van der Waals surface area contributed by atoms with Crippen LogP contribution in [0.3, 0.4) is 0 Å². The number of hydrogen-bond acceptors (Lipinski definition) is 1. The third kappa shape index (κ3) is 3.99. The maximum Gasteiger partial charge on any atom is 0.152 e. The molecule has 0 amide bonds. The summed E-state index contributed by atoms with van der Waals surface area (Å²) in [5, 5.41) is 1.32. The maximum absolute atomic E-state index is 10.7. The molecule has 0 aliphatic heterocycles. The largest absolute Gasteiger partial charge is 0.295 e. The van der Waals surface area contributed by atoms with Crippen LogP contribution in [0.4, 0.5) is 0 Å². The van der Waals surface area contributed by atoms with Gasteiger partial charge in [0, 0.05) is 10.0 Å². The highest BCUT2D eigenvalue weighted by Gasteiger charge is 2.08. The molecule has 0 saturated carbocycles. The lowest BCUT2D eigenvalue weighted by Gasteiger charge is -2.11. The number of halogens is 2. The highest BCUT2D eigenvalue weighted by Crippen LogP contribution is 2.29. The minimum Gasteiger partial charge on any atom is -0.295 e. The summed E-state index contributed by atoms with van der Waals surface area (Å²) >= 11 is 11.9. The van der Waals surface area contributed by atoms with Gasteiger partial charge in [-0.15, -0.1) is 0 Å². The molecular weight excluding hydrogens is 243 g/mol. The molecule has 1 unspecified atom stereocenters. The van der Waals surface area contributed by atoms with E-state index in [2.05, 4.69) is 6.92 Å². The summed E-state index contributed by atoms with van der Waals surface area (Å²) in [6.45, 7) is 3.61. The predicted octanol–water partition coefficient (Wildman–Crippen LogP) is 4.63. The van der Waals surface area contributed by atoms with Gasteiger partial charge in [0.2, 0.25) is 0 Å². The van der Waals surface area contributed by atoms with Crippen LogP contribution in [0.25, 0.3) is 0 Å². The molecule has 1 nitrogen and oxygen atoms in total. The Morgan fingerprint density at radius 3 is 2.69 bits per heavy atom. The zero-order valence-electron chi connectivity index (χ0n) is 9.34. The summed E-state index contributed by atoms with van der Waals surface area (Å²) in [4.78, 5) is 10.7. The topological polar surface area (TPSA) is 17.1 Å². The summed E-state index contributed by atoms with van der Waals surface area (Å²) in [6.07, 6.45) is 4.25. The second kappa shape index (κ2) is 6.07. The number of allylic oxidation sites excluding steroid dienone is 2. The lowest BCUT2D eigenvalue weighted by molar-refractivity contribution is -0.112. The van der Waals surface area contributed by atoms with Crippen LogP contribution in [0.5, 0.6) is 0 Å². The molecule has 0 bridgehead atoms. The van der Waals surface area contributed by atoms with E-state index >= 15 is 0 Å². The highest BCUT2D eigenvalue weighted by atomic mass is 35.5. The van der Waals surface area contributed by atoms with Gasteiger partial charge in [-0.3, -0.25) is 4.79 Å². The van der Waals surface area contributed by atoms with E-state index in [9.17, 15) is 4.79 Å². The fraction of sp³-hybridized carbons (Fsp3) is 0.308. The van der Waals surface area contributed by atoms with Crippen molar-refractivity contribution in [2.45, 2.75) is 26.2 Å². The van der Waals surface area contributed by atoms with Gasteiger partial charge in [-0.05, 0) is 43.0 Å². The van der Waals surface area contributed by atoms with Crippen LogP contribution < -0.4 is 0 Å². The van der Waals surface area contributed by atoms with Crippen LogP contribution in [0.1, 0.15) is 31.7 Å². The van der Waals surface area contributed by atoms with Crippen molar-refractivity contribution in [1.82, 2.24) is 0 Å². The molecule has 0 N–H and O–H groups in total. The zero-order valence-corrected chi connectivity index (χ0v) is 10.8.